The molecule has 2 N–H and O–H groups in total. The van der Waals surface area contributed by atoms with Crippen molar-refractivity contribution in [2.45, 2.75) is 32.2 Å². The molecular weight excluding hydrogens is 266 g/mol. The summed E-state index contributed by atoms with van der Waals surface area (Å²) in [6.07, 6.45) is 3.84. The number of piperidine rings is 1. The Kier molecular flexibility index (Phi) is 5.87. The average Bonchev–Trinajstić information content (AvgIpc) is 2.50. The summed E-state index contributed by atoms with van der Waals surface area (Å²) >= 11 is 0. The minimum absolute atomic E-state index is 0.191. The van der Waals surface area contributed by atoms with E-state index in [0.29, 0.717) is 24.0 Å². The smallest absolute Gasteiger partial charge is 0.319 e. The van der Waals surface area contributed by atoms with Gasteiger partial charge in [0.25, 0.3) is 0 Å². The third-order valence-corrected chi connectivity index (χ3v) is 3.98. The van der Waals surface area contributed by atoms with E-state index in [9.17, 15) is 4.79 Å². The second kappa shape index (κ2) is 7.88. The van der Waals surface area contributed by atoms with Crippen LogP contribution in [0.2, 0.25) is 0 Å². The number of carbonyl (C=O) groups excluding carboxylic acids is 1. The number of amides is 2. The van der Waals surface area contributed by atoms with E-state index in [4.69, 9.17) is 4.74 Å². The number of nitrogens with one attached hydrogen (secondary N) is 2. The quantitative estimate of drug-likeness (QED) is 0.877. The molecule has 0 unspecified atom stereocenters. The predicted octanol–water partition coefficient (Wildman–Crippen LogP) is 2.69. The summed E-state index contributed by atoms with van der Waals surface area (Å²) in [5, 5.41) is 5.72. The Morgan fingerprint density at radius 1 is 1.38 bits per heavy atom. The molecule has 1 fully saturated rings. The van der Waals surface area contributed by atoms with Crippen LogP contribution in [0.1, 0.15) is 26.2 Å². The van der Waals surface area contributed by atoms with Gasteiger partial charge in [-0.1, -0.05) is 18.6 Å². The first-order chi connectivity index (χ1) is 10.2. The van der Waals surface area contributed by atoms with Crippen LogP contribution in [-0.4, -0.2) is 43.7 Å². The first kappa shape index (κ1) is 15.6. The van der Waals surface area contributed by atoms with Gasteiger partial charge in [-0.3, -0.25) is 4.90 Å². The van der Waals surface area contributed by atoms with Crippen molar-refractivity contribution in [1.29, 1.82) is 0 Å². The van der Waals surface area contributed by atoms with Gasteiger partial charge in [0.15, 0.2) is 0 Å². The molecule has 0 aromatic heterocycles. The SMILES string of the molecule is COc1ccccc1NC(=O)NCCN1CCCC[C@@H]1C. The van der Waals surface area contributed by atoms with Crippen molar-refractivity contribution in [3.8, 4) is 5.75 Å². The Morgan fingerprint density at radius 3 is 2.95 bits per heavy atom. The maximum Gasteiger partial charge on any atom is 0.319 e. The van der Waals surface area contributed by atoms with Crippen LogP contribution in [0.3, 0.4) is 0 Å². The van der Waals surface area contributed by atoms with Crippen molar-refractivity contribution < 1.29 is 9.53 Å². The Bertz CT molecular complexity index is 465. The molecular formula is C16H25N3O2. The van der Waals surface area contributed by atoms with Gasteiger partial charge in [-0.2, -0.15) is 0 Å². The zero-order valence-electron chi connectivity index (χ0n) is 12.9. The molecule has 1 saturated heterocycles. The van der Waals surface area contributed by atoms with E-state index in [1.54, 1.807) is 7.11 Å². The number of methoxy groups -OCH3 is 1. The third kappa shape index (κ3) is 4.63. The van der Waals surface area contributed by atoms with Crippen LogP contribution in [0.25, 0.3) is 0 Å². The van der Waals surface area contributed by atoms with Crippen LogP contribution in [-0.2, 0) is 0 Å². The van der Waals surface area contributed by atoms with Crippen molar-refractivity contribution in [3.05, 3.63) is 24.3 Å². The Labute approximate surface area is 126 Å². The van der Waals surface area contributed by atoms with Gasteiger partial charge in [-0.25, -0.2) is 4.79 Å². The monoisotopic (exact) mass is 291 g/mol. The lowest BCUT2D eigenvalue weighted by molar-refractivity contribution is 0.162. The molecule has 1 heterocycles. The lowest BCUT2D eigenvalue weighted by atomic mass is 10.0. The average molecular weight is 291 g/mol. The molecule has 1 atom stereocenters. The highest BCUT2D eigenvalue weighted by atomic mass is 16.5. The second-order valence-electron chi connectivity index (χ2n) is 5.46. The van der Waals surface area contributed by atoms with Crippen molar-refractivity contribution >= 4 is 11.7 Å². The number of benzene rings is 1. The number of ether oxygens (including phenoxy) is 1. The maximum atomic E-state index is 11.9. The standard InChI is InChI=1S/C16H25N3O2/c1-13-7-5-6-11-19(13)12-10-17-16(20)18-14-8-3-4-9-15(14)21-2/h3-4,8-9,13H,5-7,10-12H2,1-2H3,(H2,17,18,20)/t13-/m0/s1. The number of carbonyl (C=O) groups is 1. The minimum Gasteiger partial charge on any atom is -0.495 e. The van der Waals surface area contributed by atoms with E-state index in [0.717, 1.165) is 13.1 Å². The fraction of sp³-hybridized carbons (Fsp3) is 0.562. The summed E-state index contributed by atoms with van der Waals surface area (Å²) in [6, 6.07) is 7.82. The largest absolute Gasteiger partial charge is 0.495 e. The van der Waals surface area contributed by atoms with E-state index in [-0.39, 0.29) is 6.03 Å². The fourth-order valence-corrected chi connectivity index (χ4v) is 2.72. The number of likely N-dealkylation sites (tertiary alicyclic amines) is 1. The highest BCUT2D eigenvalue weighted by Gasteiger charge is 2.17. The van der Waals surface area contributed by atoms with Gasteiger partial charge in [0, 0.05) is 19.1 Å². The van der Waals surface area contributed by atoms with Gasteiger partial charge in [0.2, 0.25) is 0 Å². The summed E-state index contributed by atoms with van der Waals surface area (Å²) in [7, 11) is 1.59. The number of urea groups is 1. The van der Waals surface area contributed by atoms with Gasteiger partial charge in [0.05, 0.1) is 12.8 Å². The molecule has 0 saturated carbocycles. The lowest BCUT2D eigenvalue weighted by Gasteiger charge is -2.33. The molecule has 0 aliphatic carbocycles. The zero-order valence-corrected chi connectivity index (χ0v) is 12.9. The van der Waals surface area contributed by atoms with Crippen molar-refractivity contribution in [1.82, 2.24) is 10.2 Å². The van der Waals surface area contributed by atoms with E-state index in [1.807, 2.05) is 24.3 Å². The number of rotatable bonds is 5. The molecule has 1 aliphatic rings. The van der Waals surface area contributed by atoms with E-state index in [2.05, 4.69) is 22.5 Å². The molecule has 1 aromatic rings. The Morgan fingerprint density at radius 2 is 2.19 bits per heavy atom. The van der Waals surface area contributed by atoms with Crippen LogP contribution in [0.5, 0.6) is 5.75 Å². The summed E-state index contributed by atoms with van der Waals surface area (Å²) < 4.78 is 5.21. The van der Waals surface area contributed by atoms with E-state index in [1.165, 1.54) is 19.3 Å². The fourth-order valence-electron chi connectivity index (χ4n) is 2.72. The number of para-hydroxylation sites is 2. The molecule has 5 heteroatoms. The molecule has 0 bridgehead atoms. The molecule has 1 aromatic carbocycles. The topological polar surface area (TPSA) is 53.6 Å². The Balaban J connectivity index is 1.74. The van der Waals surface area contributed by atoms with Crippen LogP contribution < -0.4 is 15.4 Å². The number of anilines is 1. The molecule has 1 aliphatic heterocycles. The summed E-state index contributed by atoms with van der Waals surface area (Å²) in [6.45, 7) is 4.96. The van der Waals surface area contributed by atoms with Gasteiger partial charge in [-0.15, -0.1) is 0 Å². The predicted molar refractivity (Wildman–Crippen MR) is 84.9 cm³/mol. The second-order valence-corrected chi connectivity index (χ2v) is 5.46. The van der Waals surface area contributed by atoms with E-state index < -0.39 is 0 Å². The van der Waals surface area contributed by atoms with Crippen molar-refractivity contribution in [2.24, 2.45) is 0 Å². The van der Waals surface area contributed by atoms with Crippen LogP contribution in [0.15, 0.2) is 24.3 Å². The lowest BCUT2D eigenvalue weighted by Crippen LogP contribution is -2.43. The number of hydrogen-bond acceptors (Lipinski definition) is 3. The van der Waals surface area contributed by atoms with E-state index >= 15 is 0 Å². The summed E-state index contributed by atoms with van der Waals surface area (Å²) in [4.78, 5) is 14.3. The normalized spacial score (nSPS) is 19.0. The van der Waals surface area contributed by atoms with Gasteiger partial charge in [-0.05, 0) is 38.4 Å². The third-order valence-electron chi connectivity index (χ3n) is 3.98. The molecule has 0 radical (unpaired) electrons. The molecule has 116 valence electrons. The van der Waals surface area contributed by atoms with Crippen molar-refractivity contribution in [2.75, 3.05) is 32.1 Å². The molecule has 0 spiro atoms. The zero-order chi connectivity index (χ0) is 15.1. The number of nitrogens with zero attached hydrogens (tertiary/aromatic N) is 1. The Hall–Kier alpha value is -1.75. The molecule has 5 nitrogen and oxygen atoms in total. The molecule has 21 heavy (non-hydrogen) atoms. The highest BCUT2D eigenvalue weighted by Crippen LogP contribution is 2.22. The van der Waals surface area contributed by atoms with Crippen LogP contribution >= 0.6 is 0 Å². The van der Waals surface area contributed by atoms with Crippen LogP contribution in [0.4, 0.5) is 10.5 Å². The highest BCUT2D eigenvalue weighted by molar-refractivity contribution is 5.90. The van der Waals surface area contributed by atoms with Gasteiger partial charge in [0.1, 0.15) is 5.75 Å². The van der Waals surface area contributed by atoms with Gasteiger partial charge < -0.3 is 15.4 Å². The van der Waals surface area contributed by atoms with Gasteiger partial charge >= 0.3 is 6.03 Å². The maximum absolute atomic E-state index is 11.9. The molecule has 2 rings (SSSR count). The summed E-state index contributed by atoms with van der Waals surface area (Å²) in [5.74, 6) is 0.664. The minimum atomic E-state index is -0.191. The van der Waals surface area contributed by atoms with Crippen molar-refractivity contribution in [3.63, 3.8) is 0 Å². The molecule has 2 amide bonds. The first-order valence-electron chi connectivity index (χ1n) is 7.62. The summed E-state index contributed by atoms with van der Waals surface area (Å²) in [5.41, 5.74) is 0.684. The van der Waals surface area contributed by atoms with Crippen LogP contribution in [0, 0.1) is 0 Å². The first-order valence-corrected chi connectivity index (χ1v) is 7.62. The number of hydrogen-bond donors (Lipinski definition) is 2.